The van der Waals surface area contributed by atoms with Gasteiger partial charge in [-0.3, -0.25) is 0 Å². The van der Waals surface area contributed by atoms with E-state index in [4.69, 9.17) is 4.74 Å². The molecule has 0 aliphatic heterocycles. The van der Waals surface area contributed by atoms with Gasteiger partial charge >= 0.3 is 0 Å². The van der Waals surface area contributed by atoms with E-state index in [1.54, 1.807) is 14.0 Å². The first kappa shape index (κ1) is 15.1. The van der Waals surface area contributed by atoms with Crippen molar-refractivity contribution in [1.29, 1.82) is 0 Å². The molecule has 6 nitrogen and oxygen atoms in total. The Kier molecular flexibility index (Phi) is 5.30. The summed E-state index contributed by atoms with van der Waals surface area (Å²) in [5.41, 5.74) is 0. The van der Waals surface area contributed by atoms with Crippen molar-refractivity contribution in [1.82, 2.24) is 14.3 Å². The van der Waals surface area contributed by atoms with Gasteiger partial charge in [-0.25, -0.2) is 13.4 Å². The third kappa shape index (κ3) is 3.09. The molecule has 18 heavy (non-hydrogen) atoms. The van der Waals surface area contributed by atoms with Gasteiger partial charge in [0, 0.05) is 26.1 Å². The highest BCUT2D eigenvalue weighted by atomic mass is 32.2. The fourth-order valence-corrected chi connectivity index (χ4v) is 3.38. The lowest BCUT2D eigenvalue weighted by Crippen LogP contribution is -2.41. The molecule has 0 radical (unpaired) electrons. The van der Waals surface area contributed by atoms with Crippen LogP contribution in [0.5, 0.6) is 0 Å². The van der Waals surface area contributed by atoms with Crippen molar-refractivity contribution in [3.8, 4) is 0 Å². The number of ether oxygens (including phenoxy) is 1. The largest absolute Gasteiger partial charge is 0.383 e. The first-order chi connectivity index (χ1) is 8.47. The van der Waals surface area contributed by atoms with Crippen molar-refractivity contribution < 1.29 is 13.2 Å². The van der Waals surface area contributed by atoms with Crippen molar-refractivity contribution in [3.63, 3.8) is 0 Å². The van der Waals surface area contributed by atoms with Gasteiger partial charge in [0.2, 0.25) is 0 Å². The number of nitrogens with one attached hydrogen (secondary N) is 1. The van der Waals surface area contributed by atoms with E-state index in [1.807, 2.05) is 13.8 Å². The summed E-state index contributed by atoms with van der Waals surface area (Å²) in [6.45, 7) is 6.30. The number of nitrogens with zero attached hydrogens (tertiary/aromatic N) is 2. The summed E-state index contributed by atoms with van der Waals surface area (Å²) < 4.78 is 31.2. The van der Waals surface area contributed by atoms with Crippen LogP contribution in [0.25, 0.3) is 0 Å². The lowest BCUT2D eigenvalue weighted by molar-refractivity contribution is 0.142. The number of aromatic nitrogens is 2. The average Bonchev–Trinajstić information content (AvgIpc) is 2.79. The highest BCUT2D eigenvalue weighted by molar-refractivity contribution is 7.89. The first-order valence-electron chi connectivity index (χ1n) is 6.02. The number of sulfonamides is 1. The molecule has 1 heterocycles. The zero-order valence-electron chi connectivity index (χ0n) is 11.3. The van der Waals surface area contributed by atoms with Crippen molar-refractivity contribution >= 4 is 10.0 Å². The Morgan fingerprint density at radius 3 is 2.61 bits per heavy atom. The van der Waals surface area contributed by atoms with E-state index in [0.717, 1.165) is 0 Å². The third-order valence-corrected chi connectivity index (χ3v) is 4.74. The molecule has 0 aromatic carbocycles. The normalized spacial score (nSPS) is 14.1. The van der Waals surface area contributed by atoms with Gasteiger partial charge in [-0.15, -0.1) is 0 Å². The highest BCUT2D eigenvalue weighted by Crippen LogP contribution is 2.16. The summed E-state index contributed by atoms with van der Waals surface area (Å²) in [6, 6.07) is -0.210. The molecule has 0 bridgehead atoms. The number of H-pyrrole nitrogens is 1. The lowest BCUT2D eigenvalue weighted by Gasteiger charge is -2.25. The SMILES string of the molecule is CCc1ncc(S(=O)(=O)N(CC)C(C)COC)[nH]1. The van der Waals surface area contributed by atoms with Crippen LogP contribution in [0.4, 0.5) is 0 Å². The number of rotatable bonds is 7. The molecule has 1 atom stereocenters. The molecule has 0 saturated carbocycles. The molecule has 7 heteroatoms. The van der Waals surface area contributed by atoms with Crippen LogP contribution in [0.1, 0.15) is 26.6 Å². The Labute approximate surface area is 108 Å². The quantitative estimate of drug-likeness (QED) is 0.806. The number of methoxy groups -OCH3 is 1. The molecule has 1 aromatic rings. The molecule has 0 amide bonds. The summed E-state index contributed by atoms with van der Waals surface area (Å²) in [4.78, 5) is 6.86. The summed E-state index contributed by atoms with van der Waals surface area (Å²) in [5, 5.41) is 0.143. The third-order valence-electron chi connectivity index (χ3n) is 2.74. The van der Waals surface area contributed by atoms with Gasteiger partial charge in [-0.2, -0.15) is 4.31 Å². The maximum absolute atomic E-state index is 12.4. The number of hydrogen-bond acceptors (Lipinski definition) is 4. The van der Waals surface area contributed by atoms with Gasteiger partial charge in [0.25, 0.3) is 10.0 Å². The minimum Gasteiger partial charge on any atom is -0.383 e. The van der Waals surface area contributed by atoms with E-state index in [-0.39, 0.29) is 11.1 Å². The Morgan fingerprint density at radius 2 is 2.17 bits per heavy atom. The lowest BCUT2D eigenvalue weighted by atomic mass is 10.4. The van der Waals surface area contributed by atoms with Gasteiger partial charge < -0.3 is 9.72 Å². The van der Waals surface area contributed by atoms with Gasteiger partial charge in [0.05, 0.1) is 12.8 Å². The van der Waals surface area contributed by atoms with Crippen molar-refractivity contribution in [3.05, 3.63) is 12.0 Å². The maximum atomic E-state index is 12.4. The Balaban J connectivity index is 3.02. The fraction of sp³-hybridized carbons (Fsp3) is 0.727. The molecule has 1 N–H and O–H groups in total. The van der Waals surface area contributed by atoms with E-state index in [1.165, 1.54) is 10.5 Å². The Bertz CT molecular complexity index is 470. The molecule has 0 saturated heterocycles. The standard InChI is InChI=1S/C11H21N3O3S/c1-5-10-12-7-11(13-10)18(15,16)14(6-2)9(3)8-17-4/h7,9H,5-6,8H2,1-4H3,(H,12,13). The Hall–Kier alpha value is -0.920. The number of aromatic amines is 1. The van der Waals surface area contributed by atoms with Crippen LogP contribution in [0, 0.1) is 0 Å². The van der Waals surface area contributed by atoms with E-state index >= 15 is 0 Å². The number of aryl methyl sites for hydroxylation is 1. The van der Waals surface area contributed by atoms with Crippen molar-refractivity contribution in [2.24, 2.45) is 0 Å². The van der Waals surface area contributed by atoms with Gasteiger partial charge in [0.1, 0.15) is 5.82 Å². The van der Waals surface area contributed by atoms with Gasteiger partial charge in [-0.05, 0) is 6.92 Å². The molecule has 104 valence electrons. The molecule has 0 aliphatic carbocycles. The maximum Gasteiger partial charge on any atom is 0.260 e. The summed E-state index contributed by atoms with van der Waals surface area (Å²) in [5.74, 6) is 0.670. The van der Waals surface area contributed by atoms with Crippen molar-refractivity contribution in [2.45, 2.75) is 38.3 Å². The second kappa shape index (κ2) is 6.31. The van der Waals surface area contributed by atoms with Crippen LogP contribution in [0.2, 0.25) is 0 Å². The molecule has 1 unspecified atom stereocenters. The smallest absolute Gasteiger partial charge is 0.260 e. The predicted octanol–water partition coefficient (Wildman–Crippen LogP) is 1.02. The fourth-order valence-electron chi connectivity index (χ4n) is 1.82. The molecule has 0 spiro atoms. The molecule has 1 aromatic heterocycles. The highest BCUT2D eigenvalue weighted by Gasteiger charge is 2.29. The minimum absolute atomic E-state index is 0.143. The number of imidazole rings is 1. The molecular weight excluding hydrogens is 254 g/mol. The molecule has 1 rings (SSSR count). The molecule has 0 aliphatic rings. The van der Waals surface area contributed by atoms with E-state index in [0.29, 0.717) is 25.4 Å². The van der Waals surface area contributed by atoms with Crippen LogP contribution >= 0.6 is 0 Å². The van der Waals surface area contributed by atoms with Gasteiger partial charge in [0.15, 0.2) is 5.03 Å². The monoisotopic (exact) mass is 275 g/mol. The second-order valence-corrected chi connectivity index (χ2v) is 5.92. The van der Waals surface area contributed by atoms with Crippen LogP contribution < -0.4 is 0 Å². The second-order valence-electron chi connectivity index (χ2n) is 4.06. The van der Waals surface area contributed by atoms with E-state index in [9.17, 15) is 8.42 Å². The zero-order chi connectivity index (χ0) is 13.8. The number of likely N-dealkylation sites (N-methyl/N-ethyl adjacent to an activating group) is 1. The predicted molar refractivity (Wildman–Crippen MR) is 68.9 cm³/mol. The van der Waals surface area contributed by atoms with Gasteiger partial charge in [-0.1, -0.05) is 13.8 Å². The Morgan fingerprint density at radius 1 is 1.50 bits per heavy atom. The first-order valence-corrected chi connectivity index (χ1v) is 7.46. The summed E-state index contributed by atoms with van der Waals surface area (Å²) >= 11 is 0. The van der Waals surface area contributed by atoms with Crippen LogP contribution in [-0.2, 0) is 21.2 Å². The summed E-state index contributed by atoms with van der Waals surface area (Å²) in [7, 11) is -1.97. The van der Waals surface area contributed by atoms with Crippen LogP contribution in [0.3, 0.4) is 0 Å². The van der Waals surface area contributed by atoms with E-state index < -0.39 is 10.0 Å². The molecular formula is C11H21N3O3S. The van der Waals surface area contributed by atoms with Crippen LogP contribution in [0.15, 0.2) is 11.2 Å². The minimum atomic E-state index is -3.53. The average molecular weight is 275 g/mol. The van der Waals surface area contributed by atoms with Crippen molar-refractivity contribution in [2.75, 3.05) is 20.3 Å². The topological polar surface area (TPSA) is 75.3 Å². The molecule has 0 fully saturated rings. The summed E-state index contributed by atoms with van der Waals surface area (Å²) in [6.07, 6.45) is 2.05. The van der Waals surface area contributed by atoms with Crippen LogP contribution in [-0.4, -0.2) is 49.0 Å². The zero-order valence-corrected chi connectivity index (χ0v) is 12.1. The number of hydrogen-bond donors (Lipinski definition) is 1. The van der Waals surface area contributed by atoms with E-state index in [2.05, 4.69) is 9.97 Å².